The summed E-state index contributed by atoms with van der Waals surface area (Å²) in [6.45, 7) is 4.61. The normalized spacial score (nSPS) is 22.0. The van der Waals surface area contributed by atoms with Crippen molar-refractivity contribution in [1.82, 2.24) is 14.8 Å². The number of aryl methyl sites for hydroxylation is 1. The smallest absolute Gasteiger partial charge is 0.242 e. The highest BCUT2D eigenvalue weighted by Crippen LogP contribution is 2.21. The third kappa shape index (κ3) is 5.03. The lowest BCUT2D eigenvalue weighted by molar-refractivity contribution is -0.141. The van der Waals surface area contributed by atoms with Crippen molar-refractivity contribution in [2.45, 2.75) is 51.9 Å². The molecular weight excluding hydrogens is 314 g/mol. The summed E-state index contributed by atoms with van der Waals surface area (Å²) in [5.41, 5.74) is 2.16. The molecular formula is C20H29N3O2. The van der Waals surface area contributed by atoms with Crippen molar-refractivity contribution >= 4 is 11.8 Å². The maximum absolute atomic E-state index is 12.7. The molecule has 0 bridgehead atoms. The molecule has 1 aromatic rings. The molecule has 0 N–H and O–H groups in total. The van der Waals surface area contributed by atoms with E-state index < -0.39 is 0 Å². The summed E-state index contributed by atoms with van der Waals surface area (Å²) >= 11 is 0. The molecule has 0 aliphatic carbocycles. The maximum Gasteiger partial charge on any atom is 0.242 e. The quantitative estimate of drug-likeness (QED) is 0.844. The number of carbonyl (C=O) groups is 2. The molecule has 25 heavy (non-hydrogen) atoms. The van der Waals surface area contributed by atoms with Crippen LogP contribution in [0.2, 0.25) is 0 Å². The molecule has 1 aromatic heterocycles. The Morgan fingerprint density at radius 2 is 2.08 bits per heavy atom. The summed E-state index contributed by atoms with van der Waals surface area (Å²) in [7, 11) is 0. The minimum absolute atomic E-state index is 0.108. The van der Waals surface area contributed by atoms with Crippen LogP contribution in [0.15, 0.2) is 18.2 Å². The van der Waals surface area contributed by atoms with Crippen LogP contribution in [0.5, 0.6) is 0 Å². The topological polar surface area (TPSA) is 53.5 Å². The number of carbonyl (C=O) groups excluding carboxylic acids is 2. The molecule has 2 amide bonds. The monoisotopic (exact) mass is 343 g/mol. The molecule has 2 fully saturated rings. The highest BCUT2D eigenvalue weighted by Gasteiger charge is 2.27. The molecule has 0 radical (unpaired) electrons. The van der Waals surface area contributed by atoms with Crippen molar-refractivity contribution in [3.63, 3.8) is 0 Å². The van der Waals surface area contributed by atoms with E-state index in [1.54, 1.807) is 4.90 Å². The van der Waals surface area contributed by atoms with Gasteiger partial charge in [-0.2, -0.15) is 0 Å². The third-order valence-electron chi connectivity index (χ3n) is 5.31. The van der Waals surface area contributed by atoms with Crippen molar-refractivity contribution in [1.29, 1.82) is 0 Å². The van der Waals surface area contributed by atoms with Crippen LogP contribution in [0.4, 0.5) is 0 Å². The zero-order valence-corrected chi connectivity index (χ0v) is 15.2. The zero-order valence-electron chi connectivity index (χ0n) is 15.2. The van der Waals surface area contributed by atoms with Crippen molar-refractivity contribution in [2.75, 3.05) is 26.2 Å². The van der Waals surface area contributed by atoms with Crippen LogP contribution in [0.25, 0.3) is 0 Å². The fourth-order valence-corrected chi connectivity index (χ4v) is 3.94. The molecule has 2 aliphatic rings. The minimum atomic E-state index is 0.108. The number of rotatable bonds is 4. The number of likely N-dealkylation sites (tertiary alicyclic amines) is 2. The molecule has 1 atom stereocenters. The minimum Gasteiger partial charge on any atom is -0.341 e. The number of amides is 2. The number of piperidine rings is 1. The Hall–Kier alpha value is -1.91. The van der Waals surface area contributed by atoms with Crippen LogP contribution < -0.4 is 0 Å². The van der Waals surface area contributed by atoms with E-state index in [0.29, 0.717) is 12.3 Å². The Labute approximate surface area is 150 Å². The van der Waals surface area contributed by atoms with Gasteiger partial charge in [-0.15, -0.1) is 0 Å². The molecule has 0 unspecified atom stereocenters. The van der Waals surface area contributed by atoms with Gasteiger partial charge in [-0.1, -0.05) is 12.5 Å². The van der Waals surface area contributed by atoms with E-state index in [9.17, 15) is 9.59 Å². The summed E-state index contributed by atoms with van der Waals surface area (Å²) in [6, 6.07) is 6.14. The molecule has 5 heteroatoms. The fourth-order valence-electron chi connectivity index (χ4n) is 3.94. The summed E-state index contributed by atoms with van der Waals surface area (Å²) in [5.74, 6) is 0.715. The summed E-state index contributed by atoms with van der Waals surface area (Å²) in [5, 5.41) is 0. The highest BCUT2D eigenvalue weighted by molar-refractivity contribution is 5.85. The fraction of sp³-hybridized carbons (Fsp3) is 0.650. The lowest BCUT2D eigenvalue weighted by Crippen LogP contribution is -2.46. The van der Waals surface area contributed by atoms with Gasteiger partial charge in [0.05, 0.1) is 6.54 Å². The number of hydrogen-bond acceptors (Lipinski definition) is 3. The molecule has 3 rings (SSSR count). The van der Waals surface area contributed by atoms with Crippen LogP contribution in [0.1, 0.15) is 49.9 Å². The Morgan fingerprint density at radius 1 is 1.20 bits per heavy atom. The van der Waals surface area contributed by atoms with E-state index in [1.165, 1.54) is 0 Å². The van der Waals surface area contributed by atoms with Crippen LogP contribution in [0.3, 0.4) is 0 Å². The summed E-state index contributed by atoms with van der Waals surface area (Å²) < 4.78 is 0. The molecule has 136 valence electrons. The van der Waals surface area contributed by atoms with E-state index >= 15 is 0 Å². The van der Waals surface area contributed by atoms with Gasteiger partial charge in [0.25, 0.3) is 0 Å². The van der Waals surface area contributed by atoms with Crippen molar-refractivity contribution in [3.8, 4) is 0 Å². The van der Waals surface area contributed by atoms with Gasteiger partial charge in [0, 0.05) is 37.4 Å². The largest absolute Gasteiger partial charge is 0.341 e. The highest BCUT2D eigenvalue weighted by atomic mass is 16.2. The van der Waals surface area contributed by atoms with Crippen molar-refractivity contribution in [2.24, 2.45) is 5.92 Å². The van der Waals surface area contributed by atoms with Crippen LogP contribution in [-0.2, 0) is 16.0 Å². The average Bonchev–Trinajstić information content (AvgIpc) is 2.80. The van der Waals surface area contributed by atoms with Gasteiger partial charge in [-0.25, -0.2) is 0 Å². The van der Waals surface area contributed by atoms with E-state index in [2.05, 4.69) is 11.1 Å². The molecule has 3 heterocycles. The van der Waals surface area contributed by atoms with E-state index in [-0.39, 0.29) is 18.4 Å². The van der Waals surface area contributed by atoms with Crippen molar-refractivity contribution < 1.29 is 9.59 Å². The van der Waals surface area contributed by atoms with Gasteiger partial charge in [-0.05, 0) is 57.1 Å². The average molecular weight is 343 g/mol. The lowest BCUT2D eigenvalue weighted by atomic mass is 9.93. The maximum atomic E-state index is 12.7. The standard InChI is InChI=1S/C20H29N3O2/c1-16-7-5-9-18(21-16)13-17-8-6-12-22(14-17)20(25)15-23-11-4-2-3-10-19(23)24/h5,7,9,17H,2-4,6,8,10-15H2,1H3/t17-/m0/s1. The second kappa shape index (κ2) is 8.45. The lowest BCUT2D eigenvalue weighted by Gasteiger charge is -2.34. The number of aromatic nitrogens is 1. The van der Waals surface area contributed by atoms with Gasteiger partial charge in [-0.3, -0.25) is 14.6 Å². The Bertz CT molecular complexity index is 617. The molecule has 5 nitrogen and oxygen atoms in total. The Balaban J connectivity index is 1.55. The van der Waals surface area contributed by atoms with Crippen LogP contribution in [0, 0.1) is 12.8 Å². The molecule has 0 aromatic carbocycles. The molecule has 2 aliphatic heterocycles. The second-order valence-electron chi connectivity index (χ2n) is 7.45. The van der Waals surface area contributed by atoms with Gasteiger partial charge < -0.3 is 9.80 Å². The van der Waals surface area contributed by atoms with Gasteiger partial charge in [0.15, 0.2) is 0 Å². The molecule has 2 saturated heterocycles. The first kappa shape index (κ1) is 17.9. The molecule has 0 saturated carbocycles. The first-order chi connectivity index (χ1) is 12.1. The van der Waals surface area contributed by atoms with E-state index in [1.807, 2.05) is 24.0 Å². The van der Waals surface area contributed by atoms with Gasteiger partial charge >= 0.3 is 0 Å². The van der Waals surface area contributed by atoms with E-state index in [0.717, 1.165) is 69.5 Å². The molecule has 0 spiro atoms. The zero-order chi connectivity index (χ0) is 17.6. The van der Waals surface area contributed by atoms with Gasteiger partial charge in [0.2, 0.25) is 11.8 Å². The summed E-state index contributed by atoms with van der Waals surface area (Å²) in [6.07, 6.45) is 6.76. The number of nitrogens with zero attached hydrogens (tertiary/aromatic N) is 3. The summed E-state index contributed by atoms with van der Waals surface area (Å²) in [4.78, 5) is 33.1. The Morgan fingerprint density at radius 3 is 2.92 bits per heavy atom. The first-order valence-electron chi connectivity index (χ1n) is 9.60. The van der Waals surface area contributed by atoms with Crippen LogP contribution in [-0.4, -0.2) is 52.8 Å². The SMILES string of the molecule is Cc1cccc(C[C@@H]2CCCN(C(=O)CN3CCCCCC3=O)C2)n1. The van der Waals surface area contributed by atoms with E-state index in [4.69, 9.17) is 0 Å². The van der Waals surface area contributed by atoms with Crippen LogP contribution >= 0.6 is 0 Å². The Kier molecular flexibility index (Phi) is 6.05. The number of pyridine rings is 1. The van der Waals surface area contributed by atoms with Gasteiger partial charge in [0.1, 0.15) is 0 Å². The first-order valence-corrected chi connectivity index (χ1v) is 9.60. The van der Waals surface area contributed by atoms with Crippen molar-refractivity contribution in [3.05, 3.63) is 29.6 Å². The second-order valence-corrected chi connectivity index (χ2v) is 7.45. The number of hydrogen-bond donors (Lipinski definition) is 0. The predicted molar refractivity (Wildman–Crippen MR) is 97.0 cm³/mol. The predicted octanol–water partition coefficient (Wildman–Crippen LogP) is 2.57. The third-order valence-corrected chi connectivity index (χ3v) is 5.31.